The number of carbonyl (C=O) groups is 2. The molecule has 1 aliphatic heterocycles. The molecule has 0 aliphatic carbocycles. The van der Waals surface area contributed by atoms with E-state index in [1.807, 2.05) is 27.7 Å². The number of benzene rings is 1. The Bertz CT molecular complexity index is 1010. The highest BCUT2D eigenvalue weighted by atomic mass is 32.1. The van der Waals surface area contributed by atoms with Crippen molar-refractivity contribution in [2.75, 3.05) is 49.9 Å². The van der Waals surface area contributed by atoms with Crippen LogP contribution in [0.5, 0.6) is 5.75 Å². The largest absolute Gasteiger partial charge is 0.508 e. The third-order valence-corrected chi connectivity index (χ3v) is 6.52. The highest BCUT2D eigenvalue weighted by molar-refractivity contribution is 7.17. The van der Waals surface area contributed by atoms with Gasteiger partial charge in [-0.3, -0.25) is 9.69 Å². The van der Waals surface area contributed by atoms with Gasteiger partial charge >= 0.3 is 6.09 Å². The van der Waals surface area contributed by atoms with Crippen LogP contribution in [0, 0.1) is 13.8 Å². The Balaban J connectivity index is 1.39. The molecular weight excluding hydrogens is 454 g/mol. The van der Waals surface area contributed by atoms with Gasteiger partial charge in [0.25, 0.3) is 5.91 Å². The molecule has 186 valence electrons. The number of anilines is 2. The summed E-state index contributed by atoms with van der Waals surface area (Å²) in [4.78, 5) is 33.7. The van der Waals surface area contributed by atoms with Crippen LogP contribution in [-0.2, 0) is 4.74 Å². The van der Waals surface area contributed by atoms with E-state index in [0.717, 1.165) is 38.2 Å². The number of aryl methyl sites for hydroxylation is 1. The number of nitrogens with zero attached hydrogens (tertiary/aromatic N) is 3. The van der Waals surface area contributed by atoms with Crippen LogP contribution in [0.4, 0.5) is 15.6 Å². The number of thiazole rings is 1. The molecule has 2 amide bonds. The normalized spacial score (nSPS) is 14.7. The van der Waals surface area contributed by atoms with Crippen LogP contribution in [-0.4, -0.2) is 76.8 Å². The Morgan fingerprint density at radius 1 is 1.18 bits per heavy atom. The van der Waals surface area contributed by atoms with E-state index in [2.05, 4.69) is 20.5 Å². The SMILES string of the molecule is Cc1ccc(O)c(C)c1NC(=O)c1cnc(NCCCN2CCN(C(=O)OC(C)(C)C)CC2)s1. The van der Waals surface area contributed by atoms with E-state index in [9.17, 15) is 14.7 Å². The Hall–Kier alpha value is -2.85. The number of aromatic nitrogens is 1. The van der Waals surface area contributed by atoms with Crippen molar-refractivity contribution in [1.29, 1.82) is 0 Å². The van der Waals surface area contributed by atoms with Crippen LogP contribution in [0.2, 0.25) is 0 Å². The maximum absolute atomic E-state index is 12.6. The van der Waals surface area contributed by atoms with Gasteiger partial charge in [-0.2, -0.15) is 0 Å². The number of nitrogens with one attached hydrogen (secondary N) is 2. The average Bonchev–Trinajstić information content (AvgIpc) is 3.25. The molecule has 10 heteroatoms. The molecule has 0 atom stereocenters. The molecule has 34 heavy (non-hydrogen) atoms. The molecule has 9 nitrogen and oxygen atoms in total. The second kappa shape index (κ2) is 11.1. The number of amides is 2. The Kier molecular flexibility index (Phi) is 8.37. The Morgan fingerprint density at radius 2 is 1.88 bits per heavy atom. The van der Waals surface area contributed by atoms with Gasteiger partial charge < -0.3 is 25.4 Å². The van der Waals surface area contributed by atoms with Gasteiger partial charge in [0.1, 0.15) is 16.2 Å². The Labute approximate surface area is 205 Å². The number of ether oxygens (including phenoxy) is 1. The number of piperazine rings is 1. The number of hydrogen-bond acceptors (Lipinski definition) is 8. The summed E-state index contributed by atoms with van der Waals surface area (Å²) in [6.45, 7) is 14.0. The van der Waals surface area contributed by atoms with Gasteiger partial charge in [-0.25, -0.2) is 9.78 Å². The molecule has 0 bridgehead atoms. The van der Waals surface area contributed by atoms with E-state index in [0.29, 0.717) is 34.3 Å². The summed E-state index contributed by atoms with van der Waals surface area (Å²) in [6, 6.07) is 3.39. The van der Waals surface area contributed by atoms with Crippen molar-refractivity contribution >= 4 is 34.2 Å². The number of phenols is 1. The first-order valence-electron chi connectivity index (χ1n) is 11.5. The lowest BCUT2D eigenvalue weighted by Crippen LogP contribution is -2.50. The lowest BCUT2D eigenvalue weighted by Gasteiger charge is -2.35. The van der Waals surface area contributed by atoms with E-state index in [-0.39, 0.29) is 17.7 Å². The topological polar surface area (TPSA) is 107 Å². The predicted molar refractivity (Wildman–Crippen MR) is 135 cm³/mol. The molecular formula is C24H35N5O4S. The van der Waals surface area contributed by atoms with Crippen molar-refractivity contribution in [2.45, 2.75) is 46.6 Å². The summed E-state index contributed by atoms with van der Waals surface area (Å²) in [5.74, 6) is -0.0935. The summed E-state index contributed by atoms with van der Waals surface area (Å²) < 4.78 is 5.44. The summed E-state index contributed by atoms with van der Waals surface area (Å²) in [6.07, 6.45) is 2.24. The molecule has 1 saturated heterocycles. The fraction of sp³-hybridized carbons (Fsp3) is 0.542. The zero-order valence-electron chi connectivity index (χ0n) is 20.6. The molecule has 2 heterocycles. The first kappa shape index (κ1) is 25.8. The maximum Gasteiger partial charge on any atom is 0.410 e. The van der Waals surface area contributed by atoms with Gasteiger partial charge in [-0.1, -0.05) is 17.4 Å². The first-order valence-corrected chi connectivity index (χ1v) is 12.4. The lowest BCUT2D eigenvalue weighted by atomic mass is 10.1. The smallest absolute Gasteiger partial charge is 0.410 e. The molecule has 0 radical (unpaired) electrons. The monoisotopic (exact) mass is 489 g/mol. The van der Waals surface area contributed by atoms with Crippen LogP contribution < -0.4 is 10.6 Å². The van der Waals surface area contributed by atoms with Gasteiger partial charge in [-0.05, 0) is 59.2 Å². The number of carbonyl (C=O) groups excluding carboxylic acids is 2. The van der Waals surface area contributed by atoms with Crippen LogP contribution in [0.1, 0.15) is 48.0 Å². The third kappa shape index (κ3) is 7.07. The van der Waals surface area contributed by atoms with Gasteiger partial charge in [-0.15, -0.1) is 0 Å². The molecule has 0 spiro atoms. The third-order valence-electron chi connectivity index (χ3n) is 5.56. The van der Waals surface area contributed by atoms with E-state index >= 15 is 0 Å². The number of hydrogen-bond donors (Lipinski definition) is 3. The minimum absolute atomic E-state index is 0.152. The van der Waals surface area contributed by atoms with Crippen molar-refractivity contribution in [3.05, 3.63) is 34.3 Å². The van der Waals surface area contributed by atoms with Gasteiger partial charge in [0.2, 0.25) is 0 Å². The van der Waals surface area contributed by atoms with Crippen LogP contribution in [0.3, 0.4) is 0 Å². The molecule has 3 rings (SSSR count). The lowest BCUT2D eigenvalue weighted by molar-refractivity contribution is 0.0145. The molecule has 3 N–H and O–H groups in total. The number of rotatable bonds is 7. The predicted octanol–water partition coefficient (Wildman–Crippen LogP) is 4.07. The van der Waals surface area contributed by atoms with Crippen molar-refractivity contribution in [3.63, 3.8) is 0 Å². The zero-order chi connectivity index (χ0) is 24.9. The minimum atomic E-state index is -0.474. The quantitative estimate of drug-likeness (QED) is 0.503. The van der Waals surface area contributed by atoms with Crippen molar-refractivity contribution < 1.29 is 19.4 Å². The molecule has 1 fully saturated rings. The van der Waals surface area contributed by atoms with Crippen LogP contribution >= 0.6 is 11.3 Å². The zero-order valence-corrected chi connectivity index (χ0v) is 21.4. The second-order valence-electron chi connectivity index (χ2n) is 9.47. The summed E-state index contributed by atoms with van der Waals surface area (Å²) in [7, 11) is 0. The molecule has 1 aliphatic rings. The fourth-order valence-electron chi connectivity index (χ4n) is 3.64. The first-order chi connectivity index (χ1) is 16.0. The fourth-order valence-corrected chi connectivity index (χ4v) is 4.38. The standard InChI is InChI=1S/C24H35N5O4S/c1-16-7-8-18(30)17(2)20(16)27-21(31)19-15-26-22(34-19)25-9-6-10-28-11-13-29(14-12-28)23(32)33-24(3,4)5/h7-8,15,30H,6,9-14H2,1-5H3,(H,25,26)(H,27,31). The van der Waals surface area contributed by atoms with Gasteiger partial charge in [0.15, 0.2) is 5.13 Å². The van der Waals surface area contributed by atoms with Gasteiger partial charge in [0, 0.05) is 38.3 Å². The number of phenolic OH excluding ortho intramolecular Hbond substituents is 1. The van der Waals surface area contributed by atoms with Crippen molar-refractivity contribution in [3.8, 4) is 5.75 Å². The maximum atomic E-state index is 12.6. The van der Waals surface area contributed by atoms with E-state index < -0.39 is 5.60 Å². The molecule has 1 aromatic carbocycles. The summed E-state index contributed by atoms with van der Waals surface area (Å²) in [5.41, 5.74) is 1.68. The van der Waals surface area contributed by atoms with Crippen LogP contribution in [0.15, 0.2) is 18.3 Å². The second-order valence-corrected chi connectivity index (χ2v) is 10.5. The summed E-state index contributed by atoms with van der Waals surface area (Å²) >= 11 is 1.30. The van der Waals surface area contributed by atoms with E-state index in [1.54, 1.807) is 30.2 Å². The molecule has 2 aromatic rings. The van der Waals surface area contributed by atoms with E-state index in [4.69, 9.17) is 4.74 Å². The van der Waals surface area contributed by atoms with Crippen molar-refractivity contribution in [2.24, 2.45) is 0 Å². The summed E-state index contributed by atoms with van der Waals surface area (Å²) in [5, 5.41) is 16.8. The Morgan fingerprint density at radius 3 is 2.56 bits per heavy atom. The number of aromatic hydroxyl groups is 1. The van der Waals surface area contributed by atoms with Crippen LogP contribution in [0.25, 0.3) is 0 Å². The molecule has 0 unspecified atom stereocenters. The van der Waals surface area contributed by atoms with Crippen molar-refractivity contribution in [1.82, 2.24) is 14.8 Å². The highest BCUT2D eigenvalue weighted by Gasteiger charge is 2.25. The van der Waals surface area contributed by atoms with E-state index in [1.165, 1.54) is 11.3 Å². The molecule has 0 saturated carbocycles. The molecule has 1 aromatic heterocycles. The average molecular weight is 490 g/mol. The minimum Gasteiger partial charge on any atom is -0.508 e. The van der Waals surface area contributed by atoms with Gasteiger partial charge in [0.05, 0.1) is 11.9 Å². The highest BCUT2D eigenvalue weighted by Crippen LogP contribution is 2.29.